The van der Waals surface area contributed by atoms with Crippen LogP contribution in [0, 0.1) is 17.3 Å². The molecule has 1 heteroatoms. The lowest BCUT2D eigenvalue weighted by Gasteiger charge is -2.49. The normalized spacial score (nSPS) is 39.7. The zero-order valence-corrected chi connectivity index (χ0v) is 13.0. The average molecular weight is 282 g/mol. The number of rotatable bonds is 1. The quantitative estimate of drug-likeness (QED) is 0.754. The van der Waals surface area contributed by atoms with Gasteiger partial charge in [-0.15, -0.1) is 0 Å². The maximum absolute atomic E-state index is 9.32. The molecule has 0 amide bonds. The van der Waals surface area contributed by atoms with Crippen molar-refractivity contribution in [1.29, 1.82) is 0 Å². The second-order valence-corrected chi connectivity index (χ2v) is 7.52. The Labute approximate surface area is 128 Å². The van der Waals surface area contributed by atoms with E-state index in [4.69, 9.17) is 0 Å². The van der Waals surface area contributed by atoms with Crippen molar-refractivity contribution in [3.63, 3.8) is 0 Å². The van der Waals surface area contributed by atoms with E-state index in [9.17, 15) is 5.11 Å². The standard InChI is InChI=1S/C20H26O/c1-20-12-10-17-16-5-3-2-4-14(16)6-8-18(17)19(20)9-7-15(20)11-13-21/h2-5,11,17-19,21H,6-10,12-13H2,1H3. The predicted octanol–water partition coefficient (Wildman–Crippen LogP) is 4.46. The third kappa shape index (κ3) is 1.93. The molecule has 3 aliphatic rings. The minimum Gasteiger partial charge on any atom is -0.392 e. The molecule has 112 valence electrons. The van der Waals surface area contributed by atoms with E-state index in [1.165, 1.54) is 38.5 Å². The van der Waals surface area contributed by atoms with Crippen molar-refractivity contribution in [2.45, 2.75) is 51.4 Å². The van der Waals surface area contributed by atoms with Gasteiger partial charge in [0.25, 0.3) is 0 Å². The number of benzene rings is 1. The van der Waals surface area contributed by atoms with Crippen molar-refractivity contribution in [3.05, 3.63) is 47.0 Å². The van der Waals surface area contributed by atoms with E-state index in [1.807, 2.05) is 0 Å². The monoisotopic (exact) mass is 282 g/mol. The van der Waals surface area contributed by atoms with E-state index < -0.39 is 0 Å². The summed E-state index contributed by atoms with van der Waals surface area (Å²) in [5, 5.41) is 9.32. The topological polar surface area (TPSA) is 20.2 Å². The molecule has 1 aromatic rings. The summed E-state index contributed by atoms with van der Waals surface area (Å²) in [7, 11) is 0. The van der Waals surface area contributed by atoms with Gasteiger partial charge < -0.3 is 5.11 Å². The Bertz CT molecular complexity index is 573. The van der Waals surface area contributed by atoms with Crippen LogP contribution >= 0.6 is 0 Å². The molecule has 21 heavy (non-hydrogen) atoms. The molecule has 0 radical (unpaired) electrons. The molecule has 0 bridgehead atoms. The van der Waals surface area contributed by atoms with E-state index in [0.717, 1.165) is 17.8 Å². The second kappa shape index (κ2) is 4.98. The van der Waals surface area contributed by atoms with E-state index in [-0.39, 0.29) is 6.61 Å². The molecular weight excluding hydrogens is 256 g/mol. The molecule has 2 saturated carbocycles. The van der Waals surface area contributed by atoms with Crippen LogP contribution in [-0.2, 0) is 6.42 Å². The molecule has 0 spiro atoms. The van der Waals surface area contributed by atoms with Crippen molar-refractivity contribution in [3.8, 4) is 0 Å². The molecule has 4 rings (SSSR count). The molecule has 0 aromatic heterocycles. The SMILES string of the molecule is CC12CCC3c4ccccc4CCC3C1CCC2=CCO. The minimum absolute atomic E-state index is 0.217. The number of allylic oxidation sites excluding steroid dienone is 1. The van der Waals surface area contributed by atoms with Crippen molar-refractivity contribution in [2.75, 3.05) is 6.61 Å². The van der Waals surface area contributed by atoms with Gasteiger partial charge in [-0.3, -0.25) is 0 Å². The molecule has 0 heterocycles. The van der Waals surface area contributed by atoms with Gasteiger partial charge in [-0.25, -0.2) is 0 Å². The van der Waals surface area contributed by atoms with Gasteiger partial charge in [-0.05, 0) is 72.8 Å². The van der Waals surface area contributed by atoms with Crippen LogP contribution in [0.5, 0.6) is 0 Å². The second-order valence-electron chi connectivity index (χ2n) is 7.52. The highest BCUT2D eigenvalue weighted by Crippen LogP contribution is 2.62. The van der Waals surface area contributed by atoms with Crippen LogP contribution in [0.1, 0.15) is 56.1 Å². The summed E-state index contributed by atoms with van der Waals surface area (Å²) < 4.78 is 0. The first kappa shape index (κ1) is 13.6. The smallest absolute Gasteiger partial charge is 0.0615 e. The van der Waals surface area contributed by atoms with Crippen LogP contribution in [0.4, 0.5) is 0 Å². The Morgan fingerprint density at radius 1 is 1.19 bits per heavy atom. The summed E-state index contributed by atoms with van der Waals surface area (Å²) in [5.41, 5.74) is 5.17. The number of hydrogen-bond acceptors (Lipinski definition) is 1. The minimum atomic E-state index is 0.217. The molecule has 4 unspecified atom stereocenters. The highest BCUT2D eigenvalue weighted by molar-refractivity contribution is 5.36. The van der Waals surface area contributed by atoms with Crippen molar-refractivity contribution in [1.82, 2.24) is 0 Å². The van der Waals surface area contributed by atoms with Crippen LogP contribution < -0.4 is 0 Å². The third-order valence-electron chi connectivity index (χ3n) is 6.82. The Morgan fingerprint density at radius 2 is 2.05 bits per heavy atom. The van der Waals surface area contributed by atoms with E-state index in [0.29, 0.717) is 5.41 Å². The zero-order chi connectivity index (χ0) is 14.4. The summed E-state index contributed by atoms with van der Waals surface area (Å²) in [4.78, 5) is 0. The fraction of sp³-hybridized carbons (Fsp3) is 0.600. The maximum Gasteiger partial charge on any atom is 0.0615 e. The molecule has 1 nitrogen and oxygen atoms in total. The van der Waals surface area contributed by atoms with Crippen molar-refractivity contribution >= 4 is 0 Å². The van der Waals surface area contributed by atoms with Crippen LogP contribution in [0.25, 0.3) is 0 Å². The Morgan fingerprint density at radius 3 is 2.90 bits per heavy atom. The van der Waals surface area contributed by atoms with Crippen molar-refractivity contribution < 1.29 is 5.11 Å². The fourth-order valence-corrected chi connectivity index (χ4v) is 5.82. The number of hydrogen-bond donors (Lipinski definition) is 1. The summed E-state index contributed by atoms with van der Waals surface area (Å²) in [6.45, 7) is 2.69. The third-order valence-corrected chi connectivity index (χ3v) is 6.82. The molecule has 3 aliphatic carbocycles. The van der Waals surface area contributed by atoms with Crippen LogP contribution in [0.2, 0.25) is 0 Å². The average Bonchev–Trinajstić information content (AvgIpc) is 2.84. The summed E-state index contributed by atoms with van der Waals surface area (Å²) >= 11 is 0. The molecular formula is C20H26O. The van der Waals surface area contributed by atoms with Gasteiger partial charge >= 0.3 is 0 Å². The van der Waals surface area contributed by atoms with Gasteiger partial charge in [0.1, 0.15) is 0 Å². The lowest BCUT2D eigenvalue weighted by molar-refractivity contribution is 0.0810. The Balaban J connectivity index is 1.69. The lowest BCUT2D eigenvalue weighted by Crippen LogP contribution is -2.40. The largest absolute Gasteiger partial charge is 0.392 e. The highest BCUT2D eigenvalue weighted by Gasteiger charge is 2.52. The first-order valence-corrected chi connectivity index (χ1v) is 8.62. The molecule has 2 fully saturated rings. The molecule has 1 N–H and O–H groups in total. The van der Waals surface area contributed by atoms with Crippen molar-refractivity contribution in [2.24, 2.45) is 17.3 Å². The van der Waals surface area contributed by atoms with Gasteiger partial charge in [0.15, 0.2) is 0 Å². The Hall–Kier alpha value is -1.08. The first-order chi connectivity index (χ1) is 10.2. The fourth-order valence-electron chi connectivity index (χ4n) is 5.82. The molecule has 4 atom stereocenters. The number of aliphatic hydroxyl groups excluding tert-OH is 1. The Kier molecular flexibility index (Phi) is 3.22. The van der Waals surface area contributed by atoms with Gasteiger partial charge in [-0.2, -0.15) is 0 Å². The van der Waals surface area contributed by atoms with E-state index in [1.54, 1.807) is 16.7 Å². The van der Waals surface area contributed by atoms with E-state index >= 15 is 0 Å². The van der Waals surface area contributed by atoms with Crippen LogP contribution in [0.15, 0.2) is 35.9 Å². The molecule has 1 aromatic carbocycles. The molecule has 0 aliphatic heterocycles. The van der Waals surface area contributed by atoms with Gasteiger partial charge in [0.05, 0.1) is 6.61 Å². The summed E-state index contributed by atoms with van der Waals surface area (Å²) in [6.07, 6.45) is 9.93. The van der Waals surface area contributed by atoms with Gasteiger partial charge in [-0.1, -0.05) is 42.8 Å². The summed E-state index contributed by atoms with van der Waals surface area (Å²) in [5.74, 6) is 2.49. The number of fused-ring (bicyclic) bond motifs is 5. The highest BCUT2D eigenvalue weighted by atomic mass is 16.2. The summed E-state index contributed by atoms with van der Waals surface area (Å²) in [6, 6.07) is 9.14. The maximum atomic E-state index is 9.32. The van der Waals surface area contributed by atoms with Crippen LogP contribution in [-0.4, -0.2) is 11.7 Å². The number of aryl methyl sites for hydroxylation is 1. The van der Waals surface area contributed by atoms with Gasteiger partial charge in [0.2, 0.25) is 0 Å². The zero-order valence-electron chi connectivity index (χ0n) is 13.0. The van der Waals surface area contributed by atoms with Crippen LogP contribution in [0.3, 0.4) is 0 Å². The van der Waals surface area contributed by atoms with E-state index in [2.05, 4.69) is 37.3 Å². The molecule has 0 saturated heterocycles. The first-order valence-electron chi connectivity index (χ1n) is 8.62. The number of aliphatic hydroxyl groups is 1. The lowest BCUT2D eigenvalue weighted by atomic mass is 9.55. The predicted molar refractivity (Wildman–Crippen MR) is 86.2 cm³/mol. The van der Waals surface area contributed by atoms with Gasteiger partial charge in [0, 0.05) is 0 Å².